The number of hydrogen-bond donors (Lipinski definition) is 1. The van der Waals surface area contributed by atoms with E-state index in [4.69, 9.17) is 10.5 Å². The lowest BCUT2D eigenvalue weighted by Gasteiger charge is -2.15. The van der Waals surface area contributed by atoms with Gasteiger partial charge in [-0.05, 0) is 24.1 Å². The maximum Gasteiger partial charge on any atom is 0.225 e. The van der Waals surface area contributed by atoms with Gasteiger partial charge in [0.2, 0.25) is 5.91 Å². The molecule has 1 atom stereocenters. The molecule has 0 unspecified atom stereocenters. The van der Waals surface area contributed by atoms with Gasteiger partial charge in [0, 0.05) is 12.4 Å². The summed E-state index contributed by atoms with van der Waals surface area (Å²) in [7, 11) is 0. The molecule has 0 bridgehead atoms. The van der Waals surface area contributed by atoms with Crippen LogP contribution >= 0.6 is 0 Å². The second-order valence-corrected chi connectivity index (χ2v) is 4.66. The van der Waals surface area contributed by atoms with E-state index in [-0.39, 0.29) is 0 Å². The Balaban J connectivity index is 2.63. The molecule has 20 heavy (non-hydrogen) atoms. The SMILES string of the molecule is CCCCCOc1ccc([C@H](CC(=O)[O-])C(N)=O)cc1. The van der Waals surface area contributed by atoms with Crippen molar-refractivity contribution < 1.29 is 19.4 Å². The van der Waals surface area contributed by atoms with Crippen molar-refractivity contribution in [1.29, 1.82) is 0 Å². The fraction of sp³-hybridized carbons (Fsp3) is 0.467. The van der Waals surface area contributed by atoms with E-state index in [1.165, 1.54) is 0 Å². The molecule has 1 aromatic rings. The summed E-state index contributed by atoms with van der Waals surface area (Å²) >= 11 is 0. The van der Waals surface area contributed by atoms with Crippen LogP contribution in [0.5, 0.6) is 5.75 Å². The average molecular weight is 278 g/mol. The topological polar surface area (TPSA) is 92.4 Å². The van der Waals surface area contributed by atoms with Gasteiger partial charge in [0.25, 0.3) is 0 Å². The van der Waals surface area contributed by atoms with Crippen LogP contribution in [0.3, 0.4) is 0 Å². The van der Waals surface area contributed by atoms with E-state index in [0.29, 0.717) is 17.9 Å². The van der Waals surface area contributed by atoms with Crippen LogP contribution in [0.4, 0.5) is 0 Å². The fourth-order valence-electron chi connectivity index (χ4n) is 1.89. The van der Waals surface area contributed by atoms with Crippen molar-refractivity contribution in [1.82, 2.24) is 0 Å². The second kappa shape index (κ2) is 8.19. The second-order valence-electron chi connectivity index (χ2n) is 4.66. The van der Waals surface area contributed by atoms with Crippen molar-refractivity contribution in [2.45, 2.75) is 38.5 Å². The number of rotatable bonds is 9. The Morgan fingerprint density at radius 1 is 1.25 bits per heavy atom. The molecule has 0 fully saturated rings. The Morgan fingerprint density at radius 3 is 2.40 bits per heavy atom. The highest BCUT2D eigenvalue weighted by atomic mass is 16.5. The van der Waals surface area contributed by atoms with Crippen molar-refractivity contribution in [3.8, 4) is 5.75 Å². The molecule has 0 heterocycles. The third-order valence-electron chi connectivity index (χ3n) is 3.01. The van der Waals surface area contributed by atoms with Crippen molar-refractivity contribution in [2.24, 2.45) is 5.73 Å². The Labute approximate surface area is 118 Å². The molecule has 0 aliphatic heterocycles. The molecular weight excluding hydrogens is 258 g/mol. The molecule has 0 aromatic heterocycles. The normalized spacial score (nSPS) is 11.8. The molecular formula is C15H20NO4-. The zero-order valence-corrected chi connectivity index (χ0v) is 11.6. The van der Waals surface area contributed by atoms with Crippen LogP contribution in [0, 0.1) is 0 Å². The first-order valence-electron chi connectivity index (χ1n) is 6.76. The number of ether oxygens (including phenoxy) is 1. The van der Waals surface area contributed by atoms with E-state index in [0.717, 1.165) is 19.3 Å². The highest BCUT2D eigenvalue weighted by Gasteiger charge is 2.18. The van der Waals surface area contributed by atoms with E-state index in [9.17, 15) is 14.7 Å². The number of nitrogens with two attached hydrogens (primary N) is 1. The first kappa shape index (κ1) is 16.0. The highest BCUT2D eigenvalue weighted by Crippen LogP contribution is 2.22. The summed E-state index contributed by atoms with van der Waals surface area (Å²) in [6.45, 7) is 2.77. The fourth-order valence-corrected chi connectivity index (χ4v) is 1.89. The number of carboxylic acids is 1. The quantitative estimate of drug-likeness (QED) is 0.681. The van der Waals surface area contributed by atoms with Crippen LogP contribution < -0.4 is 15.6 Å². The molecule has 1 amide bonds. The van der Waals surface area contributed by atoms with Crippen LogP contribution in [0.1, 0.15) is 44.1 Å². The minimum absolute atomic E-state index is 0.411. The molecule has 0 spiro atoms. The molecule has 0 aliphatic rings. The van der Waals surface area contributed by atoms with E-state index in [2.05, 4.69) is 6.92 Å². The van der Waals surface area contributed by atoms with E-state index in [1.807, 2.05) is 0 Å². The van der Waals surface area contributed by atoms with Crippen LogP contribution in [-0.4, -0.2) is 18.5 Å². The van der Waals surface area contributed by atoms with E-state index >= 15 is 0 Å². The van der Waals surface area contributed by atoms with Crippen LogP contribution in [0.25, 0.3) is 0 Å². The summed E-state index contributed by atoms with van der Waals surface area (Å²) < 4.78 is 5.54. The number of carbonyl (C=O) groups excluding carboxylic acids is 2. The smallest absolute Gasteiger partial charge is 0.225 e. The van der Waals surface area contributed by atoms with Crippen molar-refractivity contribution in [2.75, 3.05) is 6.61 Å². The molecule has 0 aliphatic carbocycles. The summed E-state index contributed by atoms with van der Waals surface area (Å²) in [6.07, 6.45) is 2.83. The lowest BCUT2D eigenvalue weighted by Crippen LogP contribution is -2.30. The van der Waals surface area contributed by atoms with Gasteiger partial charge in [-0.3, -0.25) is 4.79 Å². The summed E-state index contributed by atoms with van der Waals surface area (Å²) in [5.74, 6) is -2.14. The number of hydrogen-bond acceptors (Lipinski definition) is 4. The average Bonchev–Trinajstić information content (AvgIpc) is 2.41. The Morgan fingerprint density at radius 2 is 1.90 bits per heavy atom. The Hall–Kier alpha value is -2.04. The number of carbonyl (C=O) groups is 2. The lowest BCUT2D eigenvalue weighted by atomic mass is 9.95. The van der Waals surface area contributed by atoms with E-state index < -0.39 is 24.2 Å². The molecule has 1 aromatic carbocycles. The molecule has 2 N–H and O–H groups in total. The minimum atomic E-state index is -1.30. The van der Waals surface area contributed by atoms with Crippen molar-refractivity contribution >= 4 is 11.9 Å². The van der Waals surface area contributed by atoms with Gasteiger partial charge in [-0.15, -0.1) is 0 Å². The molecule has 5 nitrogen and oxygen atoms in total. The van der Waals surface area contributed by atoms with Gasteiger partial charge in [-0.25, -0.2) is 0 Å². The number of aliphatic carboxylic acids is 1. The number of benzene rings is 1. The van der Waals surface area contributed by atoms with Gasteiger partial charge in [0.05, 0.1) is 12.5 Å². The first-order valence-corrected chi connectivity index (χ1v) is 6.76. The van der Waals surface area contributed by atoms with Gasteiger partial charge in [-0.2, -0.15) is 0 Å². The van der Waals surface area contributed by atoms with Gasteiger partial charge in [0.15, 0.2) is 0 Å². The van der Waals surface area contributed by atoms with Crippen LogP contribution in [0.2, 0.25) is 0 Å². The predicted molar refractivity (Wildman–Crippen MR) is 73.0 cm³/mol. The monoisotopic (exact) mass is 278 g/mol. The molecule has 5 heteroatoms. The lowest BCUT2D eigenvalue weighted by molar-refractivity contribution is -0.306. The number of amides is 1. The molecule has 110 valence electrons. The zero-order chi connectivity index (χ0) is 15.0. The van der Waals surface area contributed by atoms with Crippen LogP contribution in [0.15, 0.2) is 24.3 Å². The largest absolute Gasteiger partial charge is 0.550 e. The van der Waals surface area contributed by atoms with Gasteiger partial charge in [0.1, 0.15) is 5.75 Å². The number of primary amides is 1. The Kier molecular flexibility index (Phi) is 6.56. The zero-order valence-electron chi connectivity index (χ0n) is 11.6. The Bertz CT molecular complexity index is 442. The van der Waals surface area contributed by atoms with E-state index in [1.54, 1.807) is 24.3 Å². The summed E-state index contributed by atoms with van der Waals surface area (Å²) in [5.41, 5.74) is 5.77. The molecule has 0 saturated heterocycles. The van der Waals surface area contributed by atoms with Gasteiger partial charge >= 0.3 is 0 Å². The maximum atomic E-state index is 11.3. The highest BCUT2D eigenvalue weighted by molar-refractivity contribution is 5.86. The maximum absolute atomic E-state index is 11.3. The summed E-state index contributed by atoms with van der Waals surface area (Å²) in [4.78, 5) is 21.9. The van der Waals surface area contributed by atoms with Crippen molar-refractivity contribution in [3.63, 3.8) is 0 Å². The molecule has 0 saturated carbocycles. The summed E-state index contributed by atoms with van der Waals surface area (Å²) in [5, 5.41) is 10.6. The van der Waals surface area contributed by atoms with Gasteiger partial charge < -0.3 is 20.4 Å². The number of unbranched alkanes of at least 4 members (excludes halogenated alkanes) is 2. The minimum Gasteiger partial charge on any atom is -0.550 e. The summed E-state index contributed by atoms with van der Waals surface area (Å²) in [6, 6.07) is 6.75. The first-order chi connectivity index (χ1) is 9.54. The molecule has 1 rings (SSSR count). The standard InChI is InChI=1S/C15H21NO4/c1-2-3-4-9-20-12-7-5-11(6-8-12)13(15(16)19)10-14(17)18/h5-8,13H,2-4,9-10H2,1H3,(H2,16,19)(H,17,18)/p-1/t13-/m0/s1. The van der Waals surface area contributed by atoms with Crippen molar-refractivity contribution in [3.05, 3.63) is 29.8 Å². The van der Waals surface area contributed by atoms with Crippen LogP contribution in [-0.2, 0) is 9.59 Å². The third-order valence-corrected chi connectivity index (χ3v) is 3.01. The molecule has 0 radical (unpaired) electrons. The predicted octanol–water partition coefficient (Wildman–Crippen LogP) is 0.964. The number of carboxylic acid groups (broad SMARTS) is 1. The van der Waals surface area contributed by atoms with Gasteiger partial charge in [-0.1, -0.05) is 31.9 Å². The third kappa shape index (κ3) is 5.30.